The second kappa shape index (κ2) is 11.7. The van der Waals surface area contributed by atoms with Crippen LogP contribution in [0.3, 0.4) is 0 Å². The summed E-state index contributed by atoms with van der Waals surface area (Å²) in [6.07, 6.45) is 9.28. The summed E-state index contributed by atoms with van der Waals surface area (Å²) in [5.41, 5.74) is 15.4. The zero-order valence-electron chi connectivity index (χ0n) is 27.1. The Morgan fingerprint density at radius 3 is 1.38 bits per heavy atom. The number of rotatable bonds is 6. The van der Waals surface area contributed by atoms with Crippen LogP contribution in [0.5, 0.6) is 0 Å². The number of aryl methyl sites for hydroxylation is 1. The molecule has 0 saturated carbocycles. The predicted octanol–water partition coefficient (Wildman–Crippen LogP) is 12.2. The van der Waals surface area contributed by atoms with E-state index in [0.717, 1.165) is 19.4 Å². The lowest BCUT2D eigenvalue weighted by Gasteiger charge is -2.22. The molecule has 2 aromatic heterocycles. The molecule has 2 heterocycles. The van der Waals surface area contributed by atoms with E-state index in [2.05, 4.69) is 180 Å². The molecule has 6 aromatic carbocycles. The van der Waals surface area contributed by atoms with Crippen molar-refractivity contribution in [3.63, 3.8) is 0 Å². The molecule has 0 aliphatic heterocycles. The fourth-order valence-corrected chi connectivity index (χ4v) is 8.00. The van der Waals surface area contributed by atoms with Crippen molar-refractivity contribution in [1.82, 2.24) is 9.13 Å². The lowest BCUT2D eigenvalue weighted by Crippen LogP contribution is -2.07. The fourth-order valence-electron chi connectivity index (χ4n) is 8.00. The standard InChI is InChI=1S/C46H36N2/c1-2-48-41-26-16-15-25-37(41)38-29-36(27-28-42(38)48)47-30-39-40(31-47)44(33-19-9-4-10-20-33)46(35-23-13-6-14-24-35)45(34-21-11-5-12-22-34)43(39)32-17-7-3-8-18-32/h3-26,29-31H,2,27-28H2,1H3. The molecule has 8 aromatic rings. The van der Waals surface area contributed by atoms with Crippen LogP contribution < -0.4 is 0 Å². The molecular weight excluding hydrogens is 581 g/mol. The van der Waals surface area contributed by atoms with Crippen LogP contribution in [0.1, 0.15) is 24.6 Å². The van der Waals surface area contributed by atoms with E-state index >= 15 is 0 Å². The molecule has 9 rings (SSSR count). The molecule has 0 amide bonds. The second-order valence-corrected chi connectivity index (χ2v) is 12.7. The van der Waals surface area contributed by atoms with Crippen LogP contribution in [-0.4, -0.2) is 9.13 Å². The number of hydrogen-bond donors (Lipinski definition) is 0. The van der Waals surface area contributed by atoms with Crippen LogP contribution in [0.15, 0.2) is 158 Å². The largest absolute Gasteiger partial charge is 0.344 e. The normalized spacial score (nSPS) is 12.7. The average molecular weight is 617 g/mol. The van der Waals surface area contributed by atoms with Gasteiger partial charge in [0.25, 0.3) is 0 Å². The summed E-state index contributed by atoms with van der Waals surface area (Å²) in [4.78, 5) is 0. The van der Waals surface area contributed by atoms with Gasteiger partial charge in [-0.1, -0.05) is 140 Å². The molecule has 0 radical (unpaired) electrons. The Balaban J connectivity index is 1.41. The third-order valence-electron chi connectivity index (χ3n) is 10.1. The second-order valence-electron chi connectivity index (χ2n) is 12.7. The van der Waals surface area contributed by atoms with Gasteiger partial charge in [0.1, 0.15) is 0 Å². The molecule has 0 N–H and O–H groups in total. The molecule has 2 heteroatoms. The van der Waals surface area contributed by atoms with Gasteiger partial charge in [-0.25, -0.2) is 0 Å². The van der Waals surface area contributed by atoms with E-state index in [-0.39, 0.29) is 0 Å². The van der Waals surface area contributed by atoms with Gasteiger partial charge in [0, 0.05) is 57.6 Å². The van der Waals surface area contributed by atoms with Gasteiger partial charge < -0.3 is 9.13 Å². The molecule has 48 heavy (non-hydrogen) atoms. The summed E-state index contributed by atoms with van der Waals surface area (Å²) < 4.78 is 4.93. The lowest BCUT2D eigenvalue weighted by atomic mass is 9.80. The van der Waals surface area contributed by atoms with Gasteiger partial charge in [-0.2, -0.15) is 0 Å². The number of nitrogens with zero attached hydrogens (tertiary/aromatic N) is 2. The zero-order valence-corrected chi connectivity index (χ0v) is 27.1. The van der Waals surface area contributed by atoms with Gasteiger partial charge in [0.05, 0.1) is 0 Å². The highest BCUT2D eigenvalue weighted by molar-refractivity contribution is 6.18. The van der Waals surface area contributed by atoms with Crippen molar-refractivity contribution >= 4 is 33.4 Å². The minimum Gasteiger partial charge on any atom is -0.344 e. The van der Waals surface area contributed by atoms with Crippen molar-refractivity contribution in [2.24, 2.45) is 0 Å². The monoisotopic (exact) mass is 616 g/mol. The fraction of sp³-hybridized carbons (Fsp3) is 0.0870. The Morgan fingerprint density at radius 2 is 0.896 bits per heavy atom. The Kier molecular flexibility index (Phi) is 6.94. The third-order valence-corrected chi connectivity index (χ3v) is 10.1. The molecule has 230 valence electrons. The van der Waals surface area contributed by atoms with Crippen molar-refractivity contribution in [3.8, 4) is 44.5 Å². The van der Waals surface area contributed by atoms with E-state index in [1.54, 1.807) is 0 Å². The molecule has 1 aliphatic carbocycles. The van der Waals surface area contributed by atoms with Gasteiger partial charge >= 0.3 is 0 Å². The van der Waals surface area contributed by atoms with Crippen molar-refractivity contribution in [2.45, 2.75) is 26.3 Å². The van der Waals surface area contributed by atoms with E-state index < -0.39 is 0 Å². The first kappa shape index (κ1) is 28.4. The number of benzene rings is 6. The Labute approximate surface area is 281 Å². The summed E-state index contributed by atoms with van der Waals surface area (Å²) in [6, 6.07) is 52.7. The minimum absolute atomic E-state index is 0.984. The maximum Gasteiger partial charge on any atom is 0.0488 e. The van der Waals surface area contributed by atoms with Crippen LogP contribution in [0, 0.1) is 0 Å². The predicted molar refractivity (Wildman–Crippen MR) is 204 cm³/mol. The average Bonchev–Trinajstić information content (AvgIpc) is 3.74. The van der Waals surface area contributed by atoms with Crippen LogP contribution in [0.25, 0.3) is 78.0 Å². The van der Waals surface area contributed by atoms with Crippen molar-refractivity contribution < 1.29 is 0 Å². The minimum atomic E-state index is 0.984. The molecule has 0 spiro atoms. The number of fused-ring (bicyclic) bond motifs is 4. The summed E-state index contributed by atoms with van der Waals surface area (Å²) >= 11 is 0. The zero-order chi connectivity index (χ0) is 32.0. The van der Waals surface area contributed by atoms with Gasteiger partial charge in [-0.3, -0.25) is 0 Å². The smallest absolute Gasteiger partial charge is 0.0488 e. The van der Waals surface area contributed by atoms with Crippen molar-refractivity contribution in [2.75, 3.05) is 0 Å². The third kappa shape index (κ3) is 4.56. The summed E-state index contributed by atoms with van der Waals surface area (Å²) in [6.45, 7) is 3.24. The maximum atomic E-state index is 2.50. The highest BCUT2D eigenvalue weighted by Gasteiger charge is 2.26. The number of para-hydroxylation sites is 1. The van der Waals surface area contributed by atoms with Crippen LogP contribution in [-0.2, 0) is 13.0 Å². The first-order valence-corrected chi connectivity index (χ1v) is 17.0. The topological polar surface area (TPSA) is 9.86 Å². The Hall–Kier alpha value is -5.86. The molecule has 0 saturated heterocycles. The first-order chi connectivity index (χ1) is 23.8. The number of aromatic nitrogens is 2. The first-order valence-electron chi connectivity index (χ1n) is 17.0. The number of hydrogen-bond acceptors (Lipinski definition) is 0. The Morgan fingerprint density at radius 1 is 0.458 bits per heavy atom. The maximum absolute atomic E-state index is 2.50. The summed E-state index contributed by atoms with van der Waals surface area (Å²) in [5, 5.41) is 3.87. The highest BCUT2D eigenvalue weighted by Crippen LogP contribution is 2.51. The van der Waals surface area contributed by atoms with Gasteiger partial charge in [0.2, 0.25) is 0 Å². The van der Waals surface area contributed by atoms with Gasteiger partial charge in [-0.15, -0.1) is 0 Å². The van der Waals surface area contributed by atoms with E-state index in [1.807, 2.05) is 0 Å². The van der Waals surface area contributed by atoms with Crippen LogP contribution >= 0.6 is 0 Å². The highest BCUT2D eigenvalue weighted by atomic mass is 15.0. The molecule has 0 fully saturated rings. The van der Waals surface area contributed by atoms with Gasteiger partial charge in [0.15, 0.2) is 0 Å². The van der Waals surface area contributed by atoms with E-state index in [9.17, 15) is 0 Å². The van der Waals surface area contributed by atoms with Gasteiger partial charge in [-0.05, 0) is 76.4 Å². The SMILES string of the molecule is CCn1c2c(c3ccccc31)C=C(n1cc3c(-c4ccccc4)c(-c4ccccc4)c(-c4ccccc4)c(-c4ccccc4)c3c1)CC2. The van der Waals surface area contributed by atoms with Crippen LogP contribution in [0.2, 0.25) is 0 Å². The van der Waals surface area contributed by atoms with E-state index in [4.69, 9.17) is 0 Å². The molecule has 0 unspecified atom stereocenters. The van der Waals surface area contributed by atoms with Crippen molar-refractivity contribution in [1.29, 1.82) is 0 Å². The van der Waals surface area contributed by atoms with E-state index in [0.29, 0.717) is 0 Å². The lowest BCUT2D eigenvalue weighted by molar-refractivity contribution is 0.726. The van der Waals surface area contributed by atoms with E-state index in [1.165, 1.54) is 83.1 Å². The van der Waals surface area contributed by atoms with Crippen LogP contribution in [0.4, 0.5) is 0 Å². The molecule has 2 nitrogen and oxygen atoms in total. The van der Waals surface area contributed by atoms with Crippen molar-refractivity contribution in [3.05, 3.63) is 169 Å². The summed E-state index contributed by atoms with van der Waals surface area (Å²) in [7, 11) is 0. The molecule has 1 aliphatic rings. The Bertz CT molecular complexity index is 2330. The molecular formula is C46H36N2. The number of allylic oxidation sites excluding steroid dienone is 1. The molecule has 0 atom stereocenters. The molecule has 0 bridgehead atoms. The summed E-state index contributed by atoms with van der Waals surface area (Å²) in [5.74, 6) is 0. The quantitative estimate of drug-likeness (QED) is 0.176.